The predicted octanol–water partition coefficient (Wildman–Crippen LogP) is 0.945. The zero-order chi connectivity index (χ0) is 10.4. The van der Waals surface area contributed by atoms with E-state index in [1.54, 1.807) is 30.1 Å². The summed E-state index contributed by atoms with van der Waals surface area (Å²) in [6, 6.07) is 0. The molecule has 0 atom stereocenters. The largest absolute Gasteiger partial charge is 0.347 e. The van der Waals surface area contributed by atoms with E-state index in [1.807, 2.05) is 0 Å². The maximum Gasteiger partial charge on any atom is 0.269 e. The van der Waals surface area contributed by atoms with Crippen LogP contribution in [0.5, 0.6) is 0 Å². The molecule has 1 N–H and O–H groups in total. The second-order valence-electron chi connectivity index (χ2n) is 2.73. The molecule has 0 aliphatic heterocycles. The Morgan fingerprint density at radius 2 is 2.50 bits per heavy atom. The molecule has 0 saturated heterocycles. The minimum absolute atomic E-state index is 0.135. The van der Waals surface area contributed by atoms with Crippen LogP contribution in [0.4, 0.5) is 0 Å². The minimum atomic E-state index is -0.135. The molecule has 0 aromatic carbocycles. The topological polar surface area (TPSA) is 46.9 Å². The van der Waals surface area contributed by atoms with Crippen LogP contribution in [-0.4, -0.2) is 27.9 Å². The maximum absolute atomic E-state index is 11.5. The van der Waals surface area contributed by atoms with Gasteiger partial charge in [-0.25, -0.2) is 4.98 Å². The van der Waals surface area contributed by atoms with Gasteiger partial charge in [0.2, 0.25) is 0 Å². The summed E-state index contributed by atoms with van der Waals surface area (Å²) in [5, 5.41) is 2.72. The SMILES string of the molecule is Cn1cncc1C(=O)NC/C=C/CCl. The second-order valence-corrected chi connectivity index (χ2v) is 3.03. The number of alkyl halides is 1. The van der Waals surface area contributed by atoms with Crippen molar-refractivity contribution in [1.29, 1.82) is 0 Å². The number of nitrogens with zero attached hydrogens (tertiary/aromatic N) is 2. The number of aromatic nitrogens is 2. The monoisotopic (exact) mass is 213 g/mol. The van der Waals surface area contributed by atoms with E-state index in [0.717, 1.165) is 0 Å². The van der Waals surface area contributed by atoms with Gasteiger partial charge in [-0.15, -0.1) is 11.6 Å². The Hall–Kier alpha value is -1.29. The molecule has 0 aliphatic rings. The van der Waals surface area contributed by atoms with Crippen molar-refractivity contribution in [2.24, 2.45) is 7.05 Å². The fourth-order valence-electron chi connectivity index (χ4n) is 0.965. The van der Waals surface area contributed by atoms with Crippen LogP contribution in [-0.2, 0) is 7.05 Å². The Kier molecular flexibility index (Phi) is 4.19. The van der Waals surface area contributed by atoms with Crippen molar-refractivity contribution >= 4 is 17.5 Å². The van der Waals surface area contributed by atoms with Gasteiger partial charge >= 0.3 is 0 Å². The first-order valence-corrected chi connectivity index (χ1v) is 4.74. The van der Waals surface area contributed by atoms with Gasteiger partial charge in [0.15, 0.2) is 0 Å². The Bertz CT molecular complexity index is 333. The van der Waals surface area contributed by atoms with Crippen LogP contribution in [0.3, 0.4) is 0 Å². The molecule has 0 spiro atoms. The summed E-state index contributed by atoms with van der Waals surface area (Å²) < 4.78 is 1.67. The number of nitrogens with one attached hydrogen (secondary N) is 1. The van der Waals surface area contributed by atoms with Crippen molar-refractivity contribution in [1.82, 2.24) is 14.9 Å². The Morgan fingerprint density at radius 3 is 3.07 bits per heavy atom. The molecule has 0 bridgehead atoms. The van der Waals surface area contributed by atoms with Crippen LogP contribution in [0.15, 0.2) is 24.7 Å². The lowest BCUT2D eigenvalue weighted by molar-refractivity contribution is 0.0950. The molecule has 4 nitrogen and oxygen atoms in total. The number of imidazole rings is 1. The van der Waals surface area contributed by atoms with Gasteiger partial charge in [-0.2, -0.15) is 0 Å². The number of amides is 1. The van der Waals surface area contributed by atoms with Gasteiger partial charge in [-0.05, 0) is 0 Å². The highest BCUT2D eigenvalue weighted by molar-refractivity contribution is 6.18. The number of hydrogen-bond donors (Lipinski definition) is 1. The molecule has 0 radical (unpaired) electrons. The van der Waals surface area contributed by atoms with E-state index in [4.69, 9.17) is 11.6 Å². The second kappa shape index (κ2) is 5.44. The minimum Gasteiger partial charge on any atom is -0.347 e. The fourth-order valence-corrected chi connectivity index (χ4v) is 1.09. The van der Waals surface area contributed by atoms with E-state index in [9.17, 15) is 4.79 Å². The van der Waals surface area contributed by atoms with Gasteiger partial charge < -0.3 is 9.88 Å². The molecule has 1 rings (SSSR count). The van der Waals surface area contributed by atoms with Gasteiger partial charge in [0, 0.05) is 19.5 Å². The summed E-state index contributed by atoms with van der Waals surface area (Å²) in [6.45, 7) is 0.483. The van der Waals surface area contributed by atoms with Crippen molar-refractivity contribution < 1.29 is 4.79 Å². The highest BCUT2D eigenvalue weighted by Gasteiger charge is 2.07. The Morgan fingerprint density at radius 1 is 1.71 bits per heavy atom. The van der Waals surface area contributed by atoms with E-state index in [0.29, 0.717) is 18.1 Å². The van der Waals surface area contributed by atoms with Crippen LogP contribution >= 0.6 is 11.6 Å². The van der Waals surface area contributed by atoms with Crippen molar-refractivity contribution in [3.63, 3.8) is 0 Å². The lowest BCUT2D eigenvalue weighted by Gasteiger charge is -2.01. The van der Waals surface area contributed by atoms with Crippen molar-refractivity contribution in [3.05, 3.63) is 30.4 Å². The van der Waals surface area contributed by atoms with Crippen LogP contribution in [0.2, 0.25) is 0 Å². The van der Waals surface area contributed by atoms with Gasteiger partial charge in [-0.1, -0.05) is 12.2 Å². The average Bonchev–Trinajstić information content (AvgIpc) is 2.59. The third-order valence-corrected chi connectivity index (χ3v) is 1.86. The Labute approximate surface area is 87.6 Å². The quantitative estimate of drug-likeness (QED) is 0.598. The lowest BCUT2D eigenvalue weighted by atomic mass is 10.4. The number of halogens is 1. The molecule has 1 amide bonds. The highest BCUT2D eigenvalue weighted by atomic mass is 35.5. The molecule has 0 unspecified atom stereocenters. The van der Waals surface area contributed by atoms with Crippen LogP contribution in [0.25, 0.3) is 0 Å². The molecule has 1 aromatic heterocycles. The summed E-state index contributed by atoms with van der Waals surface area (Å²) >= 11 is 5.43. The number of carbonyl (C=O) groups excluding carboxylic acids is 1. The van der Waals surface area contributed by atoms with E-state index in [1.165, 1.54) is 6.20 Å². The van der Waals surface area contributed by atoms with Crippen molar-refractivity contribution in [3.8, 4) is 0 Å². The first-order chi connectivity index (χ1) is 6.75. The van der Waals surface area contributed by atoms with Crippen molar-refractivity contribution in [2.45, 2.75) is 0 Å². The zero-order valence-electron chi connectivity index (χ0n) is 7.90. The standard InChI is InChI=1S/C9H12ClN3O/c1-13-7-11-6-8(13)9(14)12-5-3-2-4-10/h2-3,6-7H,4-5H2,1H3,(H,12,14)/b3-2+. The first-order valence-electron chi connectivity index (χ1n) is 4.21. The van der Waals surface area contributed by atoms with E-state index < -0.39 is 0 Å². The smallest absolute Gasteiger partial charge is 0.269 e. The molecular formula is C9H12ClN3O. The molecule has 0 saturated carbocycles. The third kappa shape index (κ3) is 2.88. The highest BCUT2D eigenvalue weighted by Crippen LogP contribution is 1.94. The molecule has 1 aromatic rings. The number of carbonyl (C=O) groups is 1. The number of allylic oxidation sites excluding steroid dienone is 1. The molecule has 76 valence electrons. The first kappa shape index (κ1) is 10.8. The summed E-state index contributed by atoms with van der Waals surface area (Å²) in [6.07, 6.45) is 6.70. The molecule has 1 heterocycles. The molecule has 0 aliphatic carbocycles. The number of rotatable bonds is 4. The summed E-state index contributed by atoms with van der Waals surface area (Å²) in [7, 11) is 1.77. The third-order valence-electron chi connectivity index (χ3n) is 1.69. The van der Waals surface area contributed by atoms with Gasteiger partial charge in [0.1, 0.15) is 5.69 Å². The van der Waals surface area contributed by atoms with Crippen LogP contribution < -0.4 is 5.32 Å². The van der Waals surface area contributed by atoms with Crippen LogP contribution in [0.1, 0.15) is 10.5 Å². The summed E-state index contributed by atoms with van der Waals surface area (Å²) in [4.78, 5) is 15.3. The van der Waals surface area contributed by atoms with Gasteiger partial charge in [0.05, 0.1) is 12.5 Å². The molecular weight excluding hydrogens is 202 g/mol. The van der Waals surface area contributed by atoms with Crippen molar-refractivity contribution in [2.75, 3.05) is 12.4 Å². The number of aryl methyl sites for hydroxylation is 1. The lowest BCUT2D eigenvalue weighted by Crippen LogP contribution is -2.25. The molecule has 14 heavy (non-hydrogen) atoms. The average molecular weight is 214 g/mol. The Balaban J connectivity index is 2.44. The van der Waals surface area contributed by atoms with Crippen LogP contribution in [0, 0.1) is 0 Å². The maximum atomic E-state index is 11.5. The molecule has 0 fully saturated rings. The fraction of sp³-hybridized carbons (Fsp3) is 0.333. The summed E-state index contributed by atoms with van der Waals surface area (Å²) in [5.74, 6) is 0.325. The van der Waals surface area contributed by atoms with Gasteiger partial charge in [-0.3, -0.25) is 4.79 Å². The predicted molar refractivity (Wildman–Crippen MR) is 55.4 cm³/mol. The van der Waals surface area contributed by atoms with E-state index >= 15 is 0 Å². The molecule has 5 heteroatoms. The normalized spacial score (nSPS) is 10.7. The van der Waals surface area contributed by atoms with Gasteiger partial charge in [0.25, 0.3) is 5.91 Å². The summed E-state index contributed by atoms with van der Waals surface area (Å²) in [5.41, 5.74) is 0.546. The zero-order valence-corrected chi connectivity index (χ0v) is 8.66. The van der Waals surface area contributed by atoms with E-state index in [-0.39, 0.29) is 5.91 Å². The van der Waals surface area contributed by atoms with E-state index in [2.05, 4.69) is 10.3 Å². The number of hydrogen-bond acceptors (Lipinski definition) is 2.